The maximum atomic E-state index is 6.31. The van der Waals surface area contributed by atoms with Gasteiger partial charge in [0.25, 0.3) is 0 Å². The fourth-order valence-corrected chi connectivity index (χ4v) is 4.95. The smallest absolute Gasteiger partial charge is 0.124 e. The summed E-state index contributed by atoms with van der Waals surface area (Å²) >= 11 is 12.6. The molecule has 2 heterocycles. The first-order valence-electron chi connectivity index (χ1n) is 12.8. The van der Waals surface area contributed by atoms with Crippen LogP contribution < -0.4 is 4.74 Å². The number of nitrogens with zero attached hydrogens (tertiary/aromatic N) is 3. The monoisotopic (exact) mass is 558 g/mol. The van der Waals surface area contributed by atoms with Crippen molar-refractivity contribution in [1.82, 2.24) is 20.1 Å². The highest BCUT2D eigenvalue weighted by molar-refractivity contribution is 6.35. The normalized spacial score (nSPS) is 12.5. The second-order valence-electron chi connectivity index (χ2n) is 9.22. The number of hydrogen-bond donors (Lipinski definition) is 1. The van der Waals surface area contributed by atoms with Crippen LogP contribution in [0.1, 0.15) is 42.3 Å². The predicted molar refractivity (Wildman–Crippen MR) is 164 cm³/mol. The summed E-state index contributed by atoms with van der Waals surface area (Å²) in [5, 5.41) is 9.49. The van der Waals surface area contributed by atoms with Crippen LogP contribution >= 0.6 is 23.2 Å². The Morgan fingerprint density at radius 2 is 1.85 bits per heavy atom. The number of ether oxygens (including phenoxy) is 1. The molecule has 200 valence electrons. The van der Waals surface area contributed by atoms with Crippen LogP contribution in [0.2, 0.25) is 10.0 Å². The number of aromatic nitrogens is 3. The highest BCUT2D eigenvalue weighted by atomic mass is 35.5. The average Bonchev–Trinajstić information content (AvgIpc) is 3.33. The van der Waals surface area contributed by atoms with Gasteiger partial charge in [-0.15, -0.1) is 0 Å². The number of nitrogens with one attached hydrogen (secondary N) is 1. The van der Waals surface area contributed by atoms with Crippen LogP contribution in [-0.2, 0) is 6.54 Å². The van der Waals surface area contributed by atoms with E-state index >= 15 is 0 Å². The Morgan fingerprint density at radius 1 is 1.10 bits per heavy atom. The number of aromatic amines is 1. The van der Waals surface area contributed by atoms with Crippen molar-refractivity contribution in [1.29, 1.82) is 0 Å². The number of rotatable bonds is 12. The molecule has 5 nitrogen and oxygen atoms in total. The summed E-state index contributed by atoms with van der Waals surface area (Å²) in [6.45, 7) is 14.6. The van der Waals surface area contributed by atoms with Crippen LogP contribution in [0.5, 0.6) is 5.75 Å². The Balaban J connectivity index is 1.44. The minimum absolute atomic E-state index is 0.347. The number of pyridine rings is 1. The largest absolute Gasteiger partial charge is 0.486 e. The third kappa shape index (κ3) is 7.48. The third-order valence-electron chi connectivity index (χ3n) is 6.34. The van der Waals surface area contributed by atoms with Gasteiger partial charge in [0.15, 0.2) is 0 Å². The molecule has 0 aliphatic rings. The molecule has 4 rings (SSSR count). The lowest BCUT2D eigenvalue weighted by Gasteiger charge is -2.20. The second-order valence-corrected chi connectivity index (χ2v) is 10.0. The van der Waals surface area contributed by atoms with E-state index in [0.717, 1.165) is 47.4 Å². The first-order chi connectivity index (χ1) is 18.9. The van der Waals surface area contributed by atoms with Gasteiger partial charge in [-0.25, -0.2) is 0 Å². The Labute approximate surface area is 240 Å². The van der Waals surface area contributed by atoms with E-state index < -0.39 is 0 Å². The lowest BCUT2D eigenvalue weighted by atomic mass is 10.1. The molecule has 0 aliphatic heterocycles. The van der Waals surface area contributed by atoms with Gasteiger partial charge in [-0.3, -0.25) is 15.0 Å². The summed E-state index contributed by atoms with van der Waals surface area (Å²) in [7, 11) is 0. The lowest BCUT2D eigenvalue weighted by molar-refractivity contribution is 0.227. The molecule has 2 aromatic heterocycles. The number of halogens is 2. The summed E-state index contributed by atoms with van der Waals surface area (Å²) in [5.74, 6) is 0.697. The van der Waals surface area contributed by atoms with Crippen LogP contribution in [0.4, 0.5) is 0 Å². The number of H-pyrrole nitrogens is 1. The van der Waals surface area contributed by atoms with Crippen molar-refractivity contribution in [3.05, 3.63) is 124 Å². The van der Waals surface area contributed by atoms with E-state index in [-0.39, 0.29) is 6.10 Å². The Bertz CT molecular complexity index is 1480. The summed E-state index contributed by atoms with van der Waals surface area (Å²) < 4.78 is 6.17. The van der Waals surface area contributed by atoms with Gasteiger partial charge in [0.1, 0.15) is 11.9 Å². The zero-order chi connectivity index (χ0) is 27.8. The van der Waals surface area contributed by atoms with Gasteiger partial charge in [-0.1, -0.05) is 91.9 Å². The zero-order valence-electron chi connectivity index (χ0n) is 22.2. The maximum absolute atomic E-state index is 6.31. The van der Waals surface area contributed by atoms with Crippen LogP contribution in [0, 0.1) is 0 Å². The molecule has 0 spiro atoms. The van der Waals surface area contributed by atoms with E-state index in [0.29, 0.717) is 21.4 Å². The number of benzene rings is 2. The first kappa shape index (κ1) is 28.4. The molecule has 0 fully saturated rings. The summed E-state index contributed by atoms with van der Waals surface area (Å²) in [4.78, 5) is 6.37. The molecule has 1 N–H and O–H groups in total. The molecule has 1 unspecified atom stereocenters. The van der Waals surface area contributed by atoms with Crippen molar-refractivity contribution in [2.24, 2.45) is 0 Å². The van der Waals surface area contributed by atoms with Crippen LogP contribution in [0.3, 0.4) is 0 Å². The van der Waals surface area contributed by atoms with Crippen molar-refractivity contribution in [2.45, 2.75) is 26.5 Å². The summed E-state index contributed by atoms with van der Waals surface area (Å²) in [6, 6.07) is 14.4. The number of allylic oxidation sites excluding steroid dienone is 2. The highest BCUT2D eigenvalue weighted by Gasteiger charge is 2.16. The van der Waals surface area contributed by atoms with E-state index in [2.05, 4.69) is 70.5 Å². The maximum Gasteiger partial charge on any atom is 0.124 e. The van der Waals surface area contributed by atoms with Gasteiger partial charge in [-0.2, -0.15) is 5.10 Å². The average molecular weight is 560 g/mol. The number of hydrogen-bond acceptors (Lipinski definition) is 4. The molecule has 39 heavy (non-hydrogen) atoms. The third-order valence-corrected chi connectivity index (χ3v) is 6.94. The fourth-order valence-electron chi connectivity index (χ4n) is 4.28. The second kappa shape index (κ2) is 13.4. The molecular weight excluding hydrogens is 527 g/mol. The van der Waals surface area contributed by atoms with Gasteiger partial charge >= 0.3 is 0 Å². The topological polar surface area (TPSA) is 54.0 Å². The predicted octanol–water partition coefficient (Wildman–Crippen LogP) is 8.70. The molecule has 7 heteroatoms. The molecule has 4 aromatic rings. The van der Waals surface area contributed by atoms with Crippen LogP contribution in [0.25, 0.3) is 23.1 Å². The zero-order valence-corrected chi connectivity index (χ0v) is 23.7. The molecule has 1 atom stereocenters. The van der Waals surface area contributed by atoms with Crippen molar-refractivity contribution in [3.8, 4) is 5.75 Å². The number of fused-ring (bicyclic) bond motifs is 1. The Kier molecular flexibility index (Phi) is 9.77. The fraction of sp³-hybridized carbons (Fsp3) is 0.188. The van der Waals surface area contributed by atoms with Gasteiger partial charge in [-0.05, 0) is 54.4 Å². The van der Waals surface area contributed by atoms with Crippen molar-refractivity contribution in [3.63, 3.8) is 0 Å². The highest BCUT2D eigenvalue weighted by Crippen LogP contribution is 2.33. The quantitative estimate of drug-likeness (QED) is 0.177. The summed E-state index contributed by atoms with van der Waals surface area (Å²) in [5.41, 5.74) is 5.88. The summed E-state index contributed by atoms with van der Waals surface area (Å²) in [6.07, 6.45) is 12.5. The van der Waals surface area contributed by atoms with Crippen molar-refractivity contribution < 1.29 is 4.74 Å². The molecule has 0 saturated heterocycles. The van der Waals surface area contributed by atoms with E-state index in [1.165, 1.54) is 5.56 Å². The van der Waals surface area contributed by atoms with Crippen molar-refractivity contribution in [2.75, 3.05) is 13.1 Å². The Hall–Kier alpha value is -3.64. The van der Waals surface area contributed by atoms with Crippen LogP contribution in [0.15, 0.2) is 91.8 Å². The van der Waals surface area contributed by atoms with E-state index in [4.69, 9.17) is 27.9 Å². The van der Waals surface area contributed by atoms with E-state index in [1.54, 1.807) is 18.5 Å². The van der Waals surface area contributed by atoms with Gasteiger partial charge in [0, 0.05) is 36.4 Å². The van der Waals surface area contributed by atoms with Crippen molar-refractivity contribution >= 4 is 46.3 Å². The minimum Gasteiger partial charge on any atom is -0.486 e. The Morgan fingerprint density at radius 3 is 2.54 bits per heavy atom. The molecule has 0 radical (unpaired) electrons. The van der Waals surface area contributed by atoms with E-state index in [9.17, 15) is 0 Å². The lowest BCUT2D eigenvalue weighted by Crippen LogP contribution is -2.24. The molecule has 0 aliphatic carbocycles. The van der Waals surface area contributed by atoms with Gasteiger partial charge < -0.3 is 4.74 Å². The molecule has 0 saturated carbocycles. The minimum atomic E-state index is -0.347. The SMILES string of the molecule is C=C/C=C\C(=C)CN(CC)Cc1ccc(/C=C/c2n[nH]c3ccc(OC(C)c4c(Cl)cncc4Cl)cc23)cc1. The molecular formula is C32H32Cl2N4O. The van der Waals surface area contributed by atoms with Crippen LogP contribution in [-0.4, -0.2) is 33.2 Å². The molecule has 0 amide bonds. The molecule has 2 aromatic carbocycles. The first-order valence-corrected chi connectivity index (χ1v) is 13.5. The van der Waals surface area contributed by atoms with Gasteiger partial charge in [0.2, 0.25) is 0 Å². The van der Waals surface area contributed by atoms with E-state index in [1.807, 2.05) is 43.4 Å². The number of likely N-dealkylation sites (N-methyl/N-ethyl adjacent to an activating group) is 1. The molecule has 0 bridgehead atoms. The van der Waals surface area contributed by atoms with Gasteiger partial charge in [0.05, 0.1) is 21.3 Å². The standard InChI is InChI=1S/C32H32Cl2N4O/c1-5-7-8-22(3)20-38(6-2)21-25-11-9-24(10-12-25)13-15-30-27-17-26(14-16-31(27)37-36-30)39-23(4)32-28(33)18-35-19-29(32)34/h5,7-19,23H,1,3,6,20-21H2,2,4H3,(H,36,37)/b8-7-,15-13+.